The first-order chi connectivity index (χ1) is 17.8. The van der Waals surface area contributed by atoms with Crippen LogP contribution < -0.4 is 10.1 Å². The molecule has 1 aromatic carbocycles. The van der Waals surface area contributed by atoms with Gasteiger partial charge in [-0.15, -0.1) is 11.3 Å². The van der Waals surface area contributed by atoms with Crippen molar-refractivity contribution in [2.45, 2.75) is 38.3 Å². The molecule has 0 unspecified atom stereocenters. The summed E-state index contributed by atoms with van der Waals surface area (Å²) < 4.78 is 22.1. The van der Waals surface area contributed by atoms with Gasteiger partial charge in [-0.1, -0.05) is 6.07 Å². The summed E-state index contributed by atoms with van der Waals surface area (Å²) in [5.74, 6) is -0.950. The average molecular weight is 520 g/mol. The van der Waals surface area contributed by atoms with E-state index in [1.165, 1.54) is 30.6 Å². The number of pyridine rings is 1. The van der Waals surface area contributed by atoms with Crippen LogP contribution in [-0.2, 0) is 11.3 Å². The monoisotopic (exact) mass is 519 g/mol. The highest BCUT2D eigenvalue weighted by Gasteiger charge is 2.55. The summed E-state index contributed by atoms with van der Waals surface area (Å²) >= 11 is 1.54. The molecule has 3 aromatic heterocycles. The van der Waals surface area contributed by atoms with E-state index in [2.05, 4.69) is 10.3 Å². The van der Waals surface area contributed by atoms with Crippen LogP contribution in [0.3, 0.4) is 0 Å². The predicted molar refractivity (Wildman–Crippen MR) is 138 cm³/mol. The number of carbonyl (C=O) groups is 2. The lowest BCUT2D eigenvalue weighted by Gasteiger charge is -2.56. The maximum absolute atomic E-state index is 13.9. The highest BCUT2D eigenvalue weighted by Crippen LogP contribution is 2.58. The number of methoxy groups -OCH3 is 1. The number of halogens is 1. The molecule has 1 spiro atoms. The maximum atomic E-state index is 13.9. The van der Waals surface area contributed by atoms with Crippen LogP contribution in [0.4, 0.5) is 4.39 Å². The number of thiophene rings is 1. The van der Waals surface area contributed by atoms with E-state index in [0.717, 1.165) is 47.2 Å². The van der Waals surface area contributed by atoms with Gasteiger partial charge in [0.1, 0.15) is 11.6 Å². The van der Waals surface area contributed by atoms with Crippen LogP contribution in [0.15, 0.2) is 54.2 Å². The van der Waals surface area contributed by atoms with E-state index < -0.39 is 5.97 Å². The van der Waals surface area contributed by atoms with Crippen LogP contribution in [0.25, 0.3) is 21.3 Å². The largest absolute Gasteiger partial charge is 0.497 e. The Morgan fingerprint density at radius 2 is 2.00 bits per heavy atom. The van der Waals surface area contributed by atoms with E-state index in [1.807, 2.05) is 34.3 Å². The van der Waals surface area contributed by atoms with Crippen molar-refractivity contribution in [2.24, 2.45) is 11.3 Å². The molecule has 7 nitrogen and oxygen atoms in total. The Bertz CT molecular complexity index is 1500. The summed E-state index contributed by atoms with van der Waals surface area (Å²) in [6, 6.07) is 10.5. The molecule has 2 aliphatic carbocycles. The van der Waals surface area contributed by atoms with Gasteiger partial charge in [0.25, 0.3) is 5.91 Å². The molecule has 2 fully saturated rings. The number of nitrogens with one attached hydrogen (secondary N) is 1. The standard InChI is InChI=1S/C28H26FN3O4S/c1-36-22-7-17(6-19(29)8-22)16-2-3-20(30-13-16)14-32-5-4-24-25(32)23(15-37-24)26(33)31-21-11-28(12-21)9-18(10-28)27(34)35/h2-8,13,15,18,21H,9-12,14H2,1H3,(H,31,33)(H,34,35). The van der Waals surface area contributed by atoms with Crippen molar-refractivity contribution in [3.05, 3.63) is 71.2 Å². The molecule has 37 heavy (non-hydrogen) atoms. The van der Waals surface area contributed by atoms with Crippen LogP contribution in [0.1, 0.15) is 41.7 Å². The number of hydrogen-bond donors (Lipinski definition) is 2. The van der Waals surface area contributed by atoms with Crippen molar-refractivity contribution in [3.8, 4) is 16.9 Å². The van der Waals surface area contributed by atoms with Gasteiger partial charge < -0.3 is 19.7 Å². The van der Waals surface area contributed by atoms with Crippen molar-refractivity contribution < 1.29 is 23.8 Å². The van der Waals surface area contributed by atoms with E-state index in [0.29, 0.717) is 23.4 Å². The van der Waals surface area contributed by atoms with Gasteiger partial charge in [0, 0.05) is 35.4 Å². The van der Waals surface area contributed by atoms with E-state index in [4.69, 9.17) is 9.84 Å². The second kappa shape index (κ2) is 8.99. The molecular weight excluding hydrogens is 493 g/mol. The molecule has 1 amide bonds. The van der Waals surface area contributed by atoms with Crippen LogP contribution >= 0.6 is 11.3 Å². The molecule has 0 atom stereocenters. The lowest BCUT2D eigenvalue weighted by Crippen LogP contribution is -2.57. The average Bonchev–Trinajstić information content (AvgIpc) is 3.42. The number of fused-ring (bicyclic) bond motifs is 1. The fourth-order valence-corrected chi connectivity index (χ4v) is 6.80. The number of carboxylic acids is 1. The minimum Gasteiger partial charge on any atom is -0.497 e. The molecule has 3 heterocycles. The van der Waals surface area contributed by atoms with Crippen molar-refractivity contribution in [2.75, 3.05) is 7.11 Å². The highest BCUT2D eigenvalue weighted by molar-refractivity contribution is 7.17. The summed E-state index contributed by atoms with van der Waals surface area (Å²) in [5, 5.41) is 14.2. The summed E-state index contributed by atoms with van der Waals surface area (Å²) in [4.78, 5) is 28.8. The van der Waals surface area contributed by atoms with Crippen molar-refractivity contribution in [1.29, 1.82) is 0 Å². The van der Waals surface area contributed by atoms with E-state index >= 15 is 0 Å². The van der Waals surface area contributed by atoms with Crippen molar-refractivity contribution in [1.82, 2.24) is 14.9 Å². The Kier molecular flexibility index (Phi) is 5.75. The highest BCUT2D eigenvalue weighted by atomic mass is 32.1. The lowest BCUT2D eigenvalue weighted by atomic mass is 9.50. The number of benzene rings is 1. The number of ether oxygens (including phenoxy) is 1. The van der Waals surface area contributed by atoms with E-state index in [-0.39, 0.29) is 29.1 Å². The molecule has 6 rings (SSSR count). The Balaban J connectivity index is 1.14. The van der Waals surface area contributed by atoms with Gasteiger partial charge in [-0.2, -0.15) is 0 Å². The molecule has 0 saturated heterocycles. The molecule has 2 saturated carbocycles. The van der Waals surface area contributed by atoms with Gasteiger partial charge in [-0.3, -0.25) is 14.6 Å². The molecule has 0 aliphatic heterocycles. The molecule has 0 bridgehead atoms. The Hall–Kier alpha value is -3.72. The summed E-state index contributed by atoms with van der Waals surface area (Å²) in [6.45, 7) is 0.496. The number of amides is 1. The summed E-state index contributed by atoms with van der Waals surface area (Å²) in [6.07, 6.45) is 6.82. The molecule has 4 aromatic rings. The second-order valence-electron chi connectivity index (χ2n) is 10.2. The van der Waals surface area contributed by atoms with Gasteiger partial charge in [0.2, 0.25) is 0 Å². The topological polar surface area (TPSA) is 93.5 Å². The first-order valence-electron chi connectivity index (χ1n) is 12.2. The molecule has 190 valence electrons. The number of hydrogen-bond acceptors (Lipinski definition) is 5. The van der Waals surface area contributed by atoms with Gasteiger partial charge >= 0.3 is 5.97 Å². The molecule has 0 radical (unpaired) electrons. The first-order valence-corrected chi connectivity index (χ1v) is 13.1. The zero-order valence-corrected chi connectivity index (χ0v) is 21.1. The summed E-state index contributed by atoms with van der Waals surface area (Å²) in [5.41, 5.74) is 3.93. The fourth-order valence-electron chi connectivity index (χ4n) is 5.86. The molecule has 2 N–H and O–H groups in total. The third-order valence-electron chi connectivity index (χ3n) is 7.73. The van der Waals surface area contributed by atoms with Crippen molar-refractivity contribution >= 4 is 33.4 Å². The first kappa shape index (κ1) is 23.7. The minimum atomic E-state index is -0.710. The van der Waals surface area contributed by atoms with Gasteiger partial charge in [-0.25, -0.2) is 4.39 Å². The third kappa shape index (κ3) is 4.37. The maximum Gasteiger partial charge on any atom is 0.306 e. The van der Waals surface area contributed by atoms with E-state index in [9.17, 15) is 14.0 Å². The Labute approximate surface area is 216 Å². The van der Waals surface area contributed by atoms with Gasteiger partial charge in [-0.05, 0) is 60.9 Å². The van der Waals surface area contributed by atoms with Crippen LogP contribution in [0, 0.1) is 17.2 Å². The Morgan fingerprint density at radius 1 is 1.19 bits per heavy atom. The van der Waals surface area contributed by atoms with E-state index in [1.54, 1.807) is 12.3 Å². The van der Waals surface area contributed by atoms with Crippen LogP contribution in [0.2, 0.25) is 0 Å². The number of aliphatic carboxylic acids is 1. The molecular formula is C28H26FN3O4S. The minimum absolute atomic E-state index is 0.0938. The quantitative estimate of drug-likeness (QED) is 0.344. The van der Waals surface area contributed by atoms with Crippen molar-refractivity contribution in [3.63, 3.8) is 0 Å². The SMILES string of the molecule is COc1cc(F)cc(-c2ccc(Cn3ccc4scc(C(=O)NC5CC6(C5)CC(C(=O)O)C6)c43)nc2)c1. The molecule has 2 aliphatic rings. The van der Waals surface area contributed by atoms with Crippen LogP contribution in [-0.4, -0.2) is 39.7 Å². The predicted octanol–water partition coefficient (Wildman–Crippen LogP) is 5.33. The van der Waals surface area contributed by atoms with Crippen LogP contribution in [0.5, 0.6) is 5.75 Å². The third-order valence-corrected chi connectivity index (χ3v) is 8.67. The number of aromatic nitrogens is 2. The smallest absolute Gasteiger partial charge is 0.306 e. The number of carboxylic acid groups (broad SMARTS) is 1. The lowest BCUT2D eigenvalue weighted by molar-refractivity contribution is -0.155. The fraction of sp³-hybridized carbons (Fsp3) is 0.321. The second-order valence-corrected chi connectivity index (χ2v) is 11.2. The molecule has 9 heteroatoms. The normalized spacial score (nSPS) is 22.4. The number of nitrogens with zero attached hydrogens (tertiary/aromatic N) is 2. The zero-order valence-electron chi connectivity index (χ0n) is 20.2. The number of rotatable bonds is 7. The zero-order chi connectivity index (χ0) is 25.7. The summed E-state index contributed by atoms with van der Waals surface area (Å²) in [7, 11) is 1.50. The van der Waals surface area contributed by atoms with Gasteiger partial charge in [0.15, 0.2) is 0 Å². The number of carbonyl (C=O) groups excluding carboxylic acids is 1. The Morgan fingerprint density at radius 3 is 2.70 bits per heavy atom. The van der Waals surface area contributed by atoms with Gasteiger partial charge in [0.05, 0.1) is 41.0 Å².